The Morgan fingerprint density at radius 3 is 2.36 bits per heavy atom. The van der Waals surface area contributed by atoms with E-state index in [1.807, 2.05) is 59.7 Å². The van der Waals surface area contributed by atoms with E-state index < -0.39 is 6.10 Å². The molecule has 0 saturated heterocycles. The van der Waals surface area contributed by atoms with Crippen molar-refractivity contribution in [2.24, 2.45) is 0 Å². The molecule has 5 heteroatoms. The maximum Gasteiger partial charge on any atom is 0.265 e. The van der Waals surface area contributed by atoms with E-state index in [4.69, 9.17) is 4.74 Å². The van der Waals surface area contributed by atoms with Gasteiger partial charge in [-0.25, -0.2) is 0 Å². The molecule has 5 nitrogen and oxygen atoms in total. The molecule has 0 bridgehead atoms. The number of para-hydroxylation sites is 1. The molecule has 0 aromatic heterocycles. The fourth-order valence-corrected chi connectivity index (χ4v) is 2.82. The van der Waals surface area contributed by atoms with E-state index >= 15 is 0 Å². The van der Waals surface area contributed by atoms with Gasteiger partial charge >= 0.3 is 0 Å². The Bertz CT molecular complexity index is 853. The van der Waals surface area contributed by atoms with Crippen LogP contribution in [-0.2, 0) is 4.79 Å². The van der Waals surface area contributed by atoms with Crippen molar-refractivity contribution in [3.8, 4) is 5.75 Å². The summed E-state index contributed by atoms with van der Waals surface area (Å²) in [5.74, 6) is 0.177. The van der Waals surface area contributed by atoms with E-state index in [0.717, 1.165) is 11.1 Å². The predicted octanol–water partition coefficient (Wildman–Crippen LogP) is 4.63. The highest BCUT2D eigenvalue weighted by atomic mass is 16.5. The lowest BCUT2D eigenvalue weighted by Gasteiger charge is -2.22. The van der Waals surface area contributed by atoms with Crippen LogP contribution >= 0.6 is 0 Å². The predicted molar refractivity (Wildman–Crippen MR) is 113 cm³/mol. The Hall–Kier alpha value is -2.82. The van der Waals surface area contributed by atoms with Gasteiger partial charge in [-0.05, 0) is 64.8 Å². The quantitative estimate of drug-likeness (QED) is 0.765. The minimum Gasteiger partial charge on any atom is -0.480 e. The smallest absolute Gasteiger partial charge is 0.265 e. The lowest BCUT2D eigenvalue weighted by Crippen LogP contribution is -2.41. The normalized spacial score (nSPS) is 12.2. The molecule has 0 fully saturated rings. The second-order valence-electron chi connectivity index (χ2n) is 8.02. The zero-order valence-corrected chi connectivity index (χ0v) is 17.6. The highest BCUT2D eigenvalue weighted by Gasteiger charge is 2.23. The number of carbonyl (C=O) groups is 2. The molecule has 1 unspecified atom stereocenters. The summed E-state index contributed by atoms with van der Waals surface area (Å²) in [6.07, 6.45) is -0.143. The Balaban J connectivity index is 2.17. The van der Waals surface area contributed by atoms with E-state index in [2.05, 4.69) is 10.6 Å². The first-order chi connectivity index (χ1) is 13.1. The second kappa shape index (κ2) is 8.91. The fourth-order valence-electron chi connectivity index (χ4n) is 2.82. The van der Waals surface area contributed by atoms with Gasteiger partial charge in [-0.2, -0.15) is 0 Å². The molecule has 2 amide bonds. The van der Waals surface area contributed by atoms with Gasteiger partial charge in [0.2, 0.25) is 0 Å². The van der Waals surface area contributed by atoms with Crippen LogP contribution in [0.5, 0.6) is 5.75 Å². The summed E-state index contributed by atoms with van der Waals surface area (Å²) in [7, 11) is 0. The summed E-state index contributed by atoms with van der Waals surface area (Å²) < 4.78 is 5.95. The number of hydrogen-bond acceptors (Lipinski definition) is 3. The zero-order valence-electron chi connectivity index (χ0n) is 17.6. The molecule has 2 N–H and O–H groups in total. The Kier molecular flexibility index (Phi) is 6.84. The van der Waals surface area contributed by atoms with Crippen molar-refractivity contribution in [3.05, 3.63) is 59.2 Å². The van der Waals surface area contributed by atoms with Crippen molar-refractivity contribution in [3.63, 3.8) is 0 Å². The molecule has 1 atom stereocenters. The first-order valence-corrected chi connectivity index (χ1v) is 9.57. The SMILES string of the molecule is CCC(Oc1ccc(C)cc1C)C(=O)Nc1ccccc1C(=O)NC(C)(C)C. The molecule has 2 aromatic rings. The molecule has 0 radical (unpaired) electrons. The number of amides is 2. The number of hydrogen-bond donors (Lipinski definition) is 2. The highest BCUT2D eigenvalue weighted by molar-refractivity contribution is 6.04. The molecule has 150 valence electrons. The number of aryl methyl sites for hydroxylation is 2. The molecule has 0 aliphatic carbocycles. The first kappa shape index (κ1) is 21.5. The molecular weight excluding hydrogens is 352 g/mol. The molecule has 28 heavy (non-hydrogen) atoms. The van der Waals surface area contributed by atoms with Crippen LogP contribution in [0.15, 0.2) is 42.5 Å². The lowest BCUT2D eigenvalue weighted by molar-refractivity contribution is -0.122. The minimum atomic E-state index is -0.653. The third-order valence-corrected chi connectivity index (χ3v) is 4.18. The summed E-state index contributed by atoms with van der Waals surface area (Å²) in [6, 6.07) is 12.8. The van der Waals surface area contributed by atoms with E-state index in [1.165, 1.54) is 0 Å². The molecule has 0 heterocycles. The van der Waals surface area contributed by atoms with Crippen molar-refractivity contribution >= 4 is 17.5 Å². The van der Waals surface area contributed by atoms with Gasteiger partial charge in [0.25, 0.3) is 11.8 Å². The topological polar surface area (TPSA) is 67.4 Å². The summed E-state index contributed by atoms with van der Waals surface area (Å²) in [5, 5.41) is 5.78. The molecule has 0 saturated carbocycles. The third-order valence-electron chi connectivity index (χ3n) is 4.18. The van der Waals surface area contributed by atoms with Gasteiger partial charge in [-0.15, -0.1) is 0 Å². The van der Waals surface area contributed by atoms with Crippen LogP contribution in [0.2, 0.25) is 0 Å². The van der Waals surface area contributed by atoms with E-state index in [9.17, 15) is 9.59 Å². The summed E-state index contributed by atoms with van der Waals surface area (Å²) >= 11 is 0. The standard InChI is InChI=1S/C23H30N2O3/c1-7-19(28-20-13-12-15(2)14-16(20)3)22(27)24-18-11-9-8-10-17(18)21(26)25-23(4,5)6/h8-14,19H,7H2,1-6H3,(H,24,27)(H,25,26). The van der Waals surface area contributed by atoms with Gasteiger partial charge in [0, 0.05) is 5.54 Å². The van der Waals surface area contributed by atoms with E-state index in [1.54, 1.807) is 24.3 Å². The van der Waals surface area contributed by atoms with Gasteiger partial charge in [-0.3, -0.25) is 9.59 Å². The average Bonchev–Trinajstić information content (AvgIpc) is 2.60. The van der Waals surface area contributed by atoms with Crippen molar-refractivity contribution in [1.29, 1.82) is 0 Å². The number of ether oxygens (including phenoxy) is 1. The molecule has 2 rings (SSSR count). The summed E-state index contributed by atoms with van der Waals surface area (Å²) in [6.45, 7) is 11.6. The van der Waals surface area contributed by atoms with Crippen LogP contribution in [-0.4, -0.2) is 23.5 Å². The average molecular weight is 383 g/mol. The Morgan fingerprint density at radius 2 is 1.75 bits per heavy atom. The number of rotatable bonds is 6. The Morgan fingerprint density at radius 1 is 1.07 bits per heavy atom. The molecule has 0 aliphatic heterocycles. The van der Waals surface area contributed by atoms with Crippen LogP contribution in [0.3, 0.4) is 0 Å². The number of nitrogens with one attached hydrogen (secondary N) is 2. The largest absolute Gasteiger partial charge is 0.480 e. The summed E-state index contributed by atoms with van der Waals surface area (Å²) in [5.41, 5.74) is 2.65. The van der Waals surface area contributed by atoms with Crippen molar-refractivity contribution in [2.45, 2.75) is 59.6 Å². The van der Waals surface area contributed by atoms with Crippen molar-refractivity contribution in [2.75, 3.05) is 5.32 Å². The van der Waals surface area contributed by atoms with Crippen LogP contribution in [0, 0.1) is 13.8 Å². The lowest BCUT2D eigenvalue weighted by atomic mass is 10.1. The van der Waals surface area contributed by atoms with Gasteiger partial charge in [0.05, 0.1) is 11.3 Å². The zero-order chi connectivity index (χ0) is 20.9. The monoisotopic (exact) mass is 382 g/mol. The van der Waals surface area contributed by atoms with Crippen LogP contribution in [0.1, 0.15) is 55.6 Å². The van der Waals surface area contributed by atoms with Gasteiger partial charge in [0.15, 0.2) is 6.10 Å². The number of carbonyl (C=O) groups excluding carboxylic acids is 2. The van der Waals surface area contributed by atoms with Crippen LogP contribution in [0.4, 0.5) is 5.69 Å². The van der Waals surface area contributed by atoms with Gasteiger partial charge < -0.3 is 15.4 Å². The molecular formula is C23H30N2O3. The molecule has 0 spiro atoms. The van der Waals surface area contributed by atoms with Crippen LogP contribution in [0.25, 0.3) is 0 Å². The highest BCUT2D eigenvalue weighted by Crippen LogP contribution is 2.22. The maximum absolute atomic E-state index is 12.8. The Labute approximate surface area is 167 Å². The minimum absolute atomic E-state index is 0.230. The molecule has 2 aromatic carbocycles. The van der Waals surface area contributed by atoms with Gasteiger partial charge in [0.1, 0.15) is 5.75 Å². The second-order valence-corrected chi connectivity index (χ2v) is 8.02. The maximum atomic E-state index is 12.8. The van der Waals surface area contributed by atoms with E-state index in [0.29, 0.717) is 23.4 Å². The first-order valence-electron chi connectivity index (χ1n) is 9.57. The van der Waals surface area contributed by atoms with Gasteiger partial charge in [-0.1, -0.05) is 36.8 Å². The van der Waals surface area contributed by atoms with Crippen LogP contribution < -0.4 is 15.4 Å². The summed E-state index contributed by atoms with van der Waals surface area (Å²) in [4.78, 5) is 25.4. The number of anilines is 1. The number of benzene rings is 2. The fraction of sp³-hybridized carbons (Fsp3) is 0.391. The molecule has 0 aliphatic rings. The third kappa shape index (κ3) is 5.84. The van der Waals surface area contributed by atoms with Crippen molar-refractivity contribution in [1.82, 2.24) is 5.32 Å². The van der Waals surface area contributed by atoms with E-state index in [-0.39, 0.29) is 17.4 Å². The van der Waals surface area contributed by atoms with Crippen molar-refractivity contribution < 1.29 is 14.3 Å².